The Bertz CT molecular complexity index is 726. The Morgan fingerprint density at radius 3 is 2.79 bits per heavy atom. The largest absolute Gasteiger partial charge is 0.368 e. The van der Waals surface area contributed by atoms with Crippen LogP contribution in [0.3, 0.4) is 0 Å². The highest BCUT2D eigenvalue weighted by atomic mass is 19.1. The first-order valence-electron chi connectivity index (χ1n) is 7.96. The number of aryl methyl sites for hydroxylation is 2. The van der Waals surface area contributed by atoms with E-state index in [1.165, 1.54) is 12.1 Å². The summed E-state index contributed by atoms with van der Waals surface area (Å²) in [5, 5.41) is 6.72. The van der Waals surface area contributed by atoms with Gasteiger partial charge in [0.1, 0.15) is 17.2 Å². The van der Waals surface area contributed by atoms with Gasteiger partial charge < -0.3 is 19.6 Å². The molecule has 1 fully saturated rings. The van der Waals surface area contributed by atoms with Crippen molar-refractivity contribution in [2.45, 2.75) is 26.8 Å². The predicted octanol–water partition coefficient (Wildman–Crippen LogP) is 3.17. The molecular weight excluding hydrogens is 311 g/mol. The second-order valence-corrected chi connectivity index (χ2v) is 6.10. The van der Waals surface area contributed by atoms with Gasteiger partial charge in [0.25, 0.3) is 0 Å². The first-order valence-corrected chi connectivity index (χ1v) is 7.96. The molecule has 1 aromatic heterocycles. The number of benzene rings is 1. The maximum atomic E-state index is 13.4. The van der Waals surface area contributed by atoms with Crippen molar-refractivity contribution in [2.24, 2.45) is 0 Å². The average molecular weight is 332 g/mol. The van der Waals surface area contributed by atoms with E-state index in [0.29, 0.717) is 36.8 Å². The minimum absolute atomic E-state index is 0.00231. The van der Waals surface area contributed by atoms with Crippen molar-refractivity contribution in [1.29, 1.82) is 0 Å². The molecule has 1 atom stereocenters. The number of carbonyl (C=O) groups is 1. The van der Waals surface area contributed by atoms with Crippen molar-refractivity contribution in [2.75, 3.05) is 29.9 Å². The molecule has 0 radical (unpaired) electrons. The van der Waals surface area contributed by atoms with Gasteiger partial charge in [0.15, 0.2) is 5.76 Å². The Kier molecular flexibility index (Phi) is 4.42. The lowest BCUT2D eigenvalue weighted by molar-refractivity contribution is 0.185. The van der Waals surface area contributed by atoms with Gasteiger partial charge in [-0.15, -0.1) is 0 Å². The number of carbonyl (C=O) groups excluding carboxylic acids is 1. The van der Waals surface area contributed by atoms with Gasteiger partial charge in [0, 0.05) is 31.4 Å². The van der Waals surface area contributed by atoms with Crippen LogP contribution in [0.5, 0.6) is 0 Å². The van der Waals surface area contributed by atoms with E-state index >= 15 is 0 Å². The number of hydrogen-bond donors (Lipinski definition) is 1. The summed E-state index contributed by atoms with van der Waals surface area (Å²) in [7, 11) is 0. The molecule has 6 nitrogen and oxygen atoms in total. The average Bonchev–Trinajstić information content (AvgIpc) is 2.86. The van der Waals surface area contributed by atoms with Crippen LogP contribution in [0.25, 0.3) is 0 Å². The summed E-state index contributed by atoms with van der Waals surface area (Å²) < 4.78 is 18.5. The summed E-state index contributed by atoms with van der Waals surface area (Å²) in [4.78, 5) is 16.4. The van der Waals surface area contributed by atoms with Crippen LogP contribution in [-0.4, -0.2) is 41.8 Å². The molecule has 24 heavy (non-hydrogen) atoms. The number of amides is 2. The minimum atomic E-state index is -0.251. The third-order valence-electron chi connectivity index (χ3n) is 4.33. The van der Waals surface area contributed by atoms with Gasteiger partial charge in [0.05, 0.1) is 0 Å². The Morgan fingerprint density at radius 2 is 2.17 bits per heavy atom. The molecule has 1 aromatic carbocycles. The fourth-order valence-corrected chi connectivity index (χ4v) is 3.01. The van der Waals surface area contributed by atoms with Crippen molar-refractivity contribution in [3.8, 4) is 0 Å². The Hall–Kier alpha value is -2.57. The van der Waals surface area contributed by atoms with Gasteiger partial charge in [-0.1, -0.05) is 11.2 Å². The fraction of sp³-hybridized carbons (Fsp3) is 0.412. The number of halogens is 1. The van der Waals surface area contributed by atoms with Gasteiger partial charge in [-0.3, -0.25) is 0 Å². The predicted molar refractivity (Wildman–Crippen MR) is 89.8 cm³/mol. The highest BCUT2D eigenvalue weighted by Gasteiger charge is 2.28. The second kappa shape index (κ2) is 6.51. The van der Waals surface area contributed by atoms with E-state index in [1.807, 2.05) is 13.0 Å². The number of rotatable bonds is 2. The van der Waals surface area contributed by atoms with E-state index < -0.39 is 0 Å². The lowest BCUT2D eigenvalue weighted by atomic mass is 10.1. The summed E-state index contributed by atoms with van der Waals surface area (Å²) in [5.41, 5.74) is 2.12. The highest BCUT2D eigenvalue weighted by molar-refractivity contribution is 5.90. The van der Waals surface area contributed by atoms with Gasteiger partial charge in [-0.2, -0.15) is 0 Å². The number of nitrogens with one attached hydrogen (secondary N) is 1. The van der Waals surface area contributed by atoms with Crippen molar-refractivity contribution in [1.82, 2.24) is 10.1 Å². The molecule has 7 heteroatoms. The zero-order valence-corrected chi connectivity index (χ0v) is 14.0. The maximum absolute atomic E-state index is 13.4. The second-order valence-electron chi connectivity index (χ2n) is 6.10. The molecule has 0 spiro atoms. The van der Waals surface area contributed by atoms with Gasteiger partial charge in [0.2, 0.25) is 0 Å². The van der Waals surface area contributed by atoms with Crippen LogP contribution in [0, 0.1) is 19.7 Å². The van der Waals surface area contributed by atoms with E-state index in [1.54, 1.807) is 24.8 Å². The standard InChI is InChI=1S/C17H21FN4O2/c1-11-10-21(15-6-4-5-14(18)9-15)7-8-22(11)17(23)19-16-12(2)20-24-13(16)3/h4-6,9,11H,7-8,10H2,1-3H3,(H,19,23). The molecule has 2 amide bonds. The molecule has 1 saturated heterocycles. The third kappa shape index (κ3) is 3.20. The van der Waals surface area contributed by atoms with E-state index in [4.69, 9.17) is 4.52 Å². The molecule has 128 valence electrons. The van der Waals surface area contributed by atoms with Crippen LogP contribution in [0.15, 0.2) is 28.8 Å². The highest BCUT2D eigenvalue weighted by Crippen LogP contribution is 2.23. The SMILES string of the molecule is Cc1noc(C)c1NC(=O)N1CCN(c2cccc(F)c2)CC1C. The van der Waals surface area contributed by atoms with Crippen LogP contribution >= 0.6 is 0 Å². The lowest BCUT2D eigenvalue weighted by Gasteiger charge is -2.40. The monoisotopic (exact) mass is 332 g/mol. The van der Waals surface area contributed by atoms with Crippen LogP contribution in [0.2, 0.25) is 0 Å². The molecule has 1 aliphatic rings. The van der Waals surface area contributed by atoms with Crippen LogP contribution < -0.4 is 10.2 Å². The molecule has 3 rings (SSSR count). The van der Waals surface area contributed by atoms with Crippen LogP contribution in [-0.2, 0) is 0 Å². The number of piperazine rings is 1. The first-order chi connectivity index (χ1) is 11.5. The summed E-state index contributed by atoms with van der Waals surface area (Å²) in [6.07, 6.45) is 0. The molecule has 1 N–H and O–H groups in total. The normalized spacial score (nSPS) is 17.9. The quantitative estimate of drug-likeness (QED) is 0.917. The summed E-state index contributed by atoms with van der Waals surface area (Å²) in [5.74, 6) is 0.339. The van der Waals surface area contributed by atoms with Crippen molar-refractivity contribution < 1.29 is 13.7 Å². The topological polar surface area (TPSA) is 61.6 Å². The van der Waals surface area contributed by atoms with Gasteiger partial charge in [-0.25, -0.2) is 9.18 Å². The fourth-order valence-electron chi connectivity index (χ4n) is 3.01. The van der Waals surface area contributed by atoms with E-state index in [2.05, 4.69) is 15.4 Å². The van der Waals surface area contributed by atoms with Crippen molar-refractivity contribution in [3.05, 3.63) is 41.5 Å². The van der Waals surface area contributed by atoms with Crippen LogP contribution in [0.4, 0.5) is 20.6 Å². The molecule has 0 bridgehead atoms. The molecule has 2 aromatic rings. The molecular formula is C17H21FN4O2. The number of urea groups is 1. The van der Waals surface area contributed by atoms with Crippen LogP contribution in [0.1, 0.15) is 18.4 Å². The Morgan fingerprint density at radius 1 is 1.38 bits per heavy atom. The number of hydrogen-bond acceptors (Lipinski definition) is 4. The summed E-state index contributed by atoms with van der Waals surface area (Å²) in [6, 6.07) is 6.37. The molecule has 0 aliphatic carbocycles. The van der Waals surface area contributed by atoms with Gasteiger partial charge >= 0.3 is 6.03 Å². The zero-order chi connectivity index (χ0) is 17.3. The smallest absolute Gasteiger partial charge is 0.322 e. The molecule has 1 unspecified atom stereocenters. The summed E-state index contributed by atoms with van der Waals surface area (Å²) in [6.45, 7) is 7.41. The third-order valence-corrected chi connectivity index (χ3v) is 4.33. The maximum Gasteiger partial charge on any atom is 0.322 e. The number of nitrogens with zero attached hydrogens (tertiary/aromatic N) is 3. The van der Waals surface area contributed by atoms with E-state index in [-0.39, 0.29) is 17.9 Å². The van der Waals surface area contributed by atoms with Crippen molar-refractivity contribution in [3.63, 3.8) is 0 Å². The number of anilines is 2. The molecule has 1 aliphatic heterocycles. The Labute approximate surface area is 140 Å². The zero-order valence-electron chi connectivity index (χ0n) is 14.0. The molecule has 0 saturated carbocycles. The van der Waals surface area contributed by atoms with Crippen molar-refractivity contribution >= 4 is 17.4 Å². The minimum Gasteiger partial charge on any atom is -0.368 e. The first kappa shape index (κ1) is 16.3. The van der Waals surface area contributed by atoms with E-state index in [9.17, 15) is 9.18 Å². The summed E-state index contributed by atoms with van der Waals surface area (Å²) >= 11 is 0. The molecule has 2 heterocycles. The number of aromatic nitrogens is 1. The lowest BCUT2D eigenvalue weighted by Crippen LogP contribution is -2.55. The Balaban J connectivity index is 1.66. The van der Waals surface area contributed by atoms with E-state index in [0.717, 1.165) is 5.69 Å². The van der Waals surface area contributed by atoms with Gasteiger partial charge in [-0.05, 0) is 39.0 Å².